The van der Waals surface area contributed by atoms with Crippen LogP contribution in [-0.4, -0.2) is 0 Å². The molecule has 0 heterocycles. The molecule has 2 rings (SSSR count). The van der Waals surface area contributed by atoms with Crippen LogP contribution in [-0.2, 0) is 0 Å². The van der Waals surface area contributed by atoms with Crippen LogP contribution in [0.2, 0.25) is 0 Å². The summed E-state index contributed by atoms with van der Waals surface area (Å²) in [6, 6.07) is 8.46. The first-order chi connectivity index (χ1) is 8.06. The van der Waals surface area contributed by atoms with Crippen LogP contribution in [0.5, 0.6) is 0 Å². The number of hydrogen-bond donors (Lipinski definition) is 2. The van der Waals surface area contributed by atoms with E-state index in [1.807, 2.05) is 0 Å². The molecule has 0 aliphatic heterocycles. The second-order valence-electron chi connectivity index (χ2n) is 3.49. The van der Waals surface area contributed by atoms with E-state index < -0.39 is 5.82 Å². The van der Waals surface area contributed by atoms with Gasteiger partial charge in [-0.15, -0.1) is 0 Å². The van der Waals surface area contributed by atoms with Crippen molar-refractivity contribution in [2.24, 2.45) is 0 Å². The normalized spacial score (nSPS) is 10.3. The Labute approximate surface area is 106 Å². The molecule has 88 valence electrons. The van der Waals surface area contributed by atoms with Gasteiger partial charge in [0.15, 0.2) is 0 Å². The lowest BCUT2D eigenvalue weighted by molar-refractivity contribution is 0.627. The molecule has 0 radical (unpaired) electrons. The molecule has 0 saturated carbocycles. The maximum Gasteiger partial charge on any atom is 0.148 e. The van der Waals surface area contributed by atoms with Crippen LogP contribution in [0.4, 0.5) is 25.8 Å². The lowest BCUT2D eigenvalue weighted by Gasteiger charge is -2.09. The van der Waals surface area contributed by atoms with Gasteiger partial charge in [0.05, 0.1) is 11.4 Å². The van der Waals surface area contributed by atoms with E-state index in [9.17, 15) is 8.78 Å². The standard InChI is InChI=1S/C12H9BrF2N2/c13-9-5-7(14)1-3-11(9)17-12-4-2-8(16)6-10(12)15/h1-6,17H,16H2. The van der Waals surface area contributed by atoms with Crippen molar-refractivity contribution in [3.63, 3.8) is 0 Å². The maximum absolute atomic E-state index is 13.5. The average Bonchev–Trinajstić information content (AvgIpc) is 2.25. The van der Waals surface area contributed by atoms with Crippen LogP contribution >= 0.6 is 15.9 Å². The fourth-order valence-electron chi connectivity index (χ4n) is 1.37. The molecule has 2 aromatic carbocycles. The highest BCUT2D eigenvalue weighted by atomic mass is 79.9. The smallest absolute Gasteiger partial charge is 0.148 e. The largest absolute Gasteiger partial charge is 0.399 e. The Morgan fingerprint density at radius 2 is 1.71 bits per heavy atom. The Morgan fingerprint density at radius 3 is 2.35 bits per heavy atom. The zero-order chi connectivity index (χ0) is 12.4. The molecule has 2 aromatic rings. The SMILES string of the molecule is Nc1ccc(Nc2ccc(F)cc2Br)c(F)c1. The molecule has 17 heavy (non-hydrogen) atoms. The summed E-state index contributed by atoms with van der Waals surface area (Å²) in [5, 5.41) is 2.85. The number of hydrogen-bond acceptors (Lipinski definition) is 2. The van der Waals surface area contributed by atoms with Crippen LogP contribution in [0.1, 0.15) is 0 Å². The summed E-state index contributed by atoms with van der Waals surface area (Å²) < 4.78 is 26.9. The Kier molecular flexibility index (Phi) is 3.28. The quantitative estimate of drug-likeness (QED) is 0.821. The number of nitrogens with one attached hydrogen (secondary N) is 1. The van der Waals surface area contributed by atoms with Gasteiger partial charge in [0.2, 0.25) is 0 Å². The third-order valence-corrected chi connectivity index (χ3v) is 2.85. The van der Waals surface area contributed by atoms with Crippen molar-refractivity contribution in [3.8, 4) is 0 Å². The molecule has 0 bridgehead atoms. The number of benzene rings is 2. The van der Waals surface area contributed by atoms with Crippen molar-refractivity contribution >= 4 is 33.0 Å². The van der Waals surface area contributed by atoms with Gasteiger partial charge in [0.25, 0.3) is 0 Å². The summed E-state index contributed by atoms with van der Waals surface area (Å²) in [4.78, 5) is 0. The first-order valence-electron chi connectivity index (χ1n) is 4.83. The number of halogens is 3. The summed E-state index contributed by atoms with van der Waals surface area (Å²) >= 11 is 3.19. The molecule has 2 nitrogen and oxygen atoms in total. The summed E-state index contributed by atoms with van der Waals surface area (Å²) in [5.41, 5.74) is 6.66. The molecule has 0 aliphatic rings. The van der Waals surface area contributed by atoms with Gasteiger partial charge in [-0.3, -0.25) is 0 Å². The molecule has 0 amide bonds. The van der Waals surface area contributed by atoms with Crippen LogP contribution in [0.15, 0.2) is 40.9 Å². The van der Waals surface area contributed by atoms with E-state index in [-0.39, 0.29) is 11.5 Å². The first-order valence-corrected chi connectivity index (χ1v) is 5.62. The van der Waals surface area contributed by atoms with Crippen LogP contribution < -0.4 is 11.1 Å². The molecule has 0 aliphatic carbocycles. The number of nitrogens with two attached hydrogens (primary N) is 1. The zero-order valence-corrected chi connectivity index (χ0v) is 10.3. The fourth-order valence-corrected chi connectivity index (χ4v) is 1.82. The molecular formula is C12H9BrF2N2. The van der Waals surface area contributed by atoms with Crippen LogP contribution in [0.25, 0.3) is 0 Å². The number of anilines is 3. The zero-order valence-electron chi connectivity index (χ0n) is 8.68. The molecule has 0 fully saturated rings. The highest BCUT2D eigenvalue weighted by Gasteiger charge is 2.06. The third-order valence-electron chi connectivity index (χ3n) is 2.19. The Morgan fingerprint density at radius 1 is 1.00 bits per heavy atom. The van der Waals surface area contributed by atoms with Crippen LogP contribution in [0.3, 0.4) is 0 Å². The van der Waals surface area contributed by atoms with Gasteiger partial charge < -0.3 is 11.1 Å². The van der Waals surface area contributed by atoms with Crippen molar-refractivity contribution in [2.45, 2.75) is 0 Å². The van der Waals surface area contributed by atoms with Gasteiger partial charge in [0, 0.05) is 10.2 Å². The van der Waals surface area contributed by atoms with E-state index in [0.717, 1.165) is 0 Å². The van der Waals surface area contributed by atoms with E-state index >= 15 is 0 Å². The summed E-state index contributed by atoms with van der Waals surface area (Å²) in [6.07, 6.45) is 0. The Hall–Kier alpha value is -1.62. The van der Waals surface area contributed by atoms with Crippen molar-refractivity contribution in [1.29, 1.82) is 0 Å². The first kappa shape index (κ1) is 11.9. The van der Waals surface area contributed by atoms with Crippen LogP contribution in [0, 0.1) is 11.6 Å². The maximum atomic E-state index is 13.5. The molecule has 5 heteroatoms. The molecular weight excluding hydrogens is 290 g/mol. The fraction of sp³-hybridized carbons (Fsp3) is 0. The van der Waals surface area contributed by atoms with Crippen molar-refractivity contribution in [2.75, 3.05) is 11.1 Å². The van der Waals surface area contributed by atoms with E-state index in [4.69, 9.17) is 5.73 Å². The molecule has 0 atom stereocenters. The van der Waals surface area contributed by atoms with Gasteiger partial charge in [0.1, 0.15) is 11.6 Å². The van der Waals surface area contributed by atoms with Crippen molar-refractivity contribution < 1.29 is 8.78 Å². The highest BCUT2D eigenvalue weighted by molar-refractivity contribution is 9.10. The summed E-state index contributed by atoms with van der Waals surface area (Å²) in [6.45, 7) is 0. The molecule has 0 saturated heterocycles. The second kappa shape index (κ2) is 4.71. The Balaban J connectivity index is 2.31. The Bertz CT molecular complexity index is 509. The van der Waals surface area contributed by atoms with E-state index in [1.54, 1.807) is 6.07 Å². The predicted octanol–water partition coefficient (Wildman–Crippen LogP) is 4.05. The van der Waals surface area contributed by atoms with E-state index in [1.165, 1.54) is 30.3 Å². The molecule has 3 N–H and O–H groups in total. The van der Waals surface area contributed by atoms with Gasteiger partial charge in [-0.1, -0.05) is 0 Å². The average molecular weight is 299 g/mol. The predicted molar refractivity (Wildman–Crippen MR) is 68.2 cm³/mol. The molecule has 0 aromatic heterocycles. The molecule has 0 unspecified atom stereocenters. The van der Waals surface area contributed by atoms with E-state index in [0.29, 0.717) is 15.8 Å². The lowest BCUT2D eigenvalue weighted by Crippen LogP contribution is -1.96. The minimum absolute atomic E-state index is 0.284. The van der Waals surface area contributed by atoms with Crippen molar-refractivity contribution in [3.05, 3.63) is 52.5 Å². The highest BCUT2D eigenvalue weighted by Crippen LogP contribution is 2.28. The monoisotopic (exact) mass is 298 g/mol. The van der Waals surface area contributed by atoms with Gasteiger partial charge >= 0.3 is 0 Å². The minimum Gasteiger partial charge on any atom is -0.399 e. The number of nitrogen functional groups attached to an aromatic ring is 1. The molecule has 0 spiro atoms. The van der Waals surface area contributed by atoms with E-state index in [2.05, 4.69) is 21.2 Å². The third kappa shape index (κ3) is 2.74. The van der Waals surface area contributed by atoms with Crippen molar-refractivity contribution in [1.82, 2.24) is 0 Å². The topological polar surface area (TPSA) is 38.0 Å². The van der Waals surface area contributed by atoms with Gasteiger partial charge in [-0.05, 0) is 52.3 Å². The second-order valence-corrected chi connectivity index (χ2v) is 4.34. The number of rotatable bonds is 2. The lowest BCUT2D eigenvalue weighted by atomic mass is 10.2. The van der Waals surface area contributed by atoms with Gasteiger partial charge in [-0.2, -0.15) is 0 Å². The van der Waals surface area contributed by atoms with Gasteiger partial charge in [-0.25, -0.2) is 8.78 Å². The summed E-state index contributed by atoms with van der Waals surface area (Å²) in [7, 11) is 0. The minimum atomic E-state index is -0.457. The summed E-state index contributed by atoms with van der Waals surface area (Å²) in [5.74, 6) is -0.818.